The minimum atomic E-state index is -0.743. The number of fused-ring (bicyclic) bond motifs is 1. The van der Waals surface area contributed by atoms with E-state index in [-0.39, 0.29) is 0 Å². The molecule has 1 saturated carbocycles. The summed E-state index contributed by atoms with van der Waals surface area (Å²) in [4.78, 5) is 0. The van der Waals surface area contributed by atoms with E-state index in [0.717, 1.165) is 37.2 Å². The lowest BCUT2D eigenvalue weighted by Gasteiger charge is -2.45. The second-order valence-electron chi connectivity index (χ2n) is 6.07. The lowest BCUT2D eigenvalue weighted by molar-refractivity contribution is -0.0799. The molecule has 0 radical (unpaired) electrons. The van der Waals surface area contributed by atoms with Gasteiger partial charge in [-0.25, -0.2) is 0 Å². The van der Waals surface area contributed by atoms with Gasteiger partial charge in [0.25, 0.3) is 0 Å². The van der Waals surface area contributed by atoms with Crippen LogP contribution in [0.5, 0.6) is 5.75 Å². The molecule has 2 fully saturated rings. The van der Waals surface area contributed by atoms with E-state index in [1.165, 1.54) is 0 Å². The summed E-state index contributed by atoms with van der Waals surface area (Å²) in [5.74, 6) is 2.37. The average molecular weight is 261 g/mol. The first-order chi connectivity index (χ1) is 9.16. The number of rotatable bonds is 2. The van der Waals surface area contributed by atoms with Gasteiger partial charge < -0.3 is 15.2 Å². The Kier molecular flexibility index (Phi) is 3.27. The molecule has 1 aliphatic heterocycles. The summed E-state index contributed by atoms with van der Waals surface area (Å²) in [6.45, 7) is 4.25. The third kappa shape index (κ3) is 1.96. The standard InChI is InChI=1S/C16H23NO2/c1-11-7-8-16(18,14-10-17-9-12(11)14)13-5-3-4-6-15(13)19-2/h3-6,11-12,14,17-18H,7-10H2,1-2H3. The van der Waals surface area contributed by atoms with Crippen molar-refractivity contribution in [1.29, 1.82) is 0 Å². The molecule has 0 aromatic heterocycles. The summed E-state index contributed by atoms with van der Waals surface area (Å²) < 4.78 is 5.46. The molecule has 3 heteroatoms. The molecular weight excluding hydrogens is 238 g/mol. The monoisotopic (exact) mass is 261 g/mol. The van der Waals surface area contributed by atoms with Crippen molar-refractivity contribution in [1.82, 2.24) is 5.32 Å². The van der Waals surface area contributed by atoms with Crippen molar-refractivity contribution < 1.29 is 9.84 Å². The van der Waals surface area contributed by atoms with Gasteiger partial charge in [-0.15, -0.1) is 0 Å². The highest BCUT2D eigenvalue weighted by Gasteiger charge is 2.50. The zero-order valence-corrected chi connectivity index (χ0v) is 11.7. The van der Waals surface area contributed by atoms with Crippen molar-refractivity contribution in [3.8, 4) is 5.75 Å². The fourth-order valence-corrected chi connectivity index (χ4v) is 4.00. The van der Waals surface area contributed by atoms with E-state index in [0.29, 0.717) is 17.8 Å². The van der Waals surface area contributed by atoms with Gasteiger partial charge in [0.1, 0.15) is 5.75 Å². The minimum Gasteiger partial charge on any atom is -0.496 e. The zero-order valence-electron chi connectivity index (χ0n) is 11.7. The van der Waals surface area contributed by atoms with Gasteiger partial charge in [0.05, 0.1) is 12.7 Å². The van der Waals surface area contributed by atoms with Crippen LogP contribution in [0.3, 0.4) is 0 Å². The molecule has 3 rings (SSSR count). The molecule has 1 saturated heterocycles. The van der Waals surface area contributed by atoms with E-state index in [4.69, 9.17) is 4.74 Å². The van der Waals surface area contributed by atoms with Gasteiger partial charge >= 0.3 is 0 Å². The third-order valence-corrected chi connectivity index (χ3v) is 5.16. The predicted octanol–water partition coefficient (Wildman–Crippen LogP) is 2.15. The molecule has 2 aliphatic rings. The van der Waals surface area contributed by atoms with Gasteiger partial charge in [-0.05, 0) is 37.3 Å². The van der Waals surface area contributed by atoms with E-state index < -0.39 is 5.60 Å². The highest BCUT2D eigenvalue weighted by Crippen LogP contribution is 2.50. The van der Waals surface area contributed by atoms with E-state index >= 15 is 0 Å². The van der Waals surface area contributed by atoms with Crippen molar-refractivity contribution in [2.24, 2.45) is 17.8 Å². The second kappa shape index (κ2) is 4.80. The first kappa shape index (κ1) is 12.9. The molecular formula is C16H23NO2. The minimum absolute atomic E-state index is 0.299. The molecule has 1 heterocycles. The highest BCUT2D eigenvalue weighted by atomic mass is 16.5. The number of ether oxygens (including phenoxy) is 1. The summed E-state index contributed by atoms with van der Waals surface area (Å²) in [7, 11) is 1.68. The Morgan fingerprint density at radius 1 is 1.32 bits per heavy atom. The highest BCUT2D eigenvalue weighted by molar-refractivity contribution is 5.39. The molecule has 1 aromatic carbocycles. The van der Waals surface area contributed by atoms with Crippen LogP contribution in [0.1, 0.15) is 25.3 Å². The van der Waals surface area contributed by atoms with E-state index in [9.17, 15) is 5.11 Å². The number of benzene rings is 1. The molecule has 4 unspecified atom stereocenters. The SMILES string of the molecule is COc1ccccc1C1(O)CCC(C)C2CNCC21. The van der Waals surface area contributed by atoms with Crippen LogP contribution >= 0.6 is 0 Å². The van der Waals surface area contributed by atoms with E-state index in [2.05, 4.69) is 12.2 Å². The number of aliphatic hydroxyl groups is 1. The van der Waals surface area contributed by atoms with Crippen molar-refractivity contribution in [3.05, 3.63) is 29.8 Å². The van der Waals surface area contributed by atoms with Crippen LogP contribution in [0.2, 0.25) is 0 Å². The molecule has 1 aromatic rings. The molecule has 0 amide bonds. The van der Waals surface area contributed by atoms with Gasteiger partial charge in [-0.2, -0.15) is 0 Å². The Morgan fingerprint density at radius 3 is 2.89 bits per heavy atom. The molecule has 1 aliphatic carbocycles. The third-order valence-electron chi connectivity index (χ3n) is 5.16. The van der Waals surface area contributed by atoms with Crippen LogP contribution < -0.4 is 10.1 Å². The Labute approximate surface area is 115 Å². The fraction of sp³-hybridized carbons (Fsp3) is 0.625. The lowest BCUT2D eigenvalue weighted by atomic mass is 9.63. The van der Waals surface area contributed by atoms with Crippen LogP contribution in [0.4, 0.5) is 0 Å². The molecule has 0 bridgehead atoms. The summed E-state index contributed by atoms with van der Waals surface area (Å²) in [5.41, 5.74) is 0.218. The zero-order chi connectivity index (χ0) is 13.5. The van der Waals surface area contributed by atoms with E-state index in [1.807, 2.05) is 24.3 Å². The Morgan fingerprint density at radius 2 is 2.11 bits per heavy atom. The Hall–Kier alpha value is -1.06. The molecule has 19 heavy (non-hydrogen) atoms. The number of nitrogens with one attached hydrogen (secondary N) is 1. The van der Waals surface area contributed by atoms with Crippen LogP contribution in [-0.2, 0) is 5.60 Å². The number of hydrogen-bond acceptors (Lipinski definition) is 3. The maximum absolute atomic E-state index is 11.3. The van der Waals surface area contributed by atoms with Crippen molar-refractivity contribution in [2.45, 2.75) is 25.4 Å². The quantitative estimate of drug-likeness (QED) is 0.857. The van der Waals surface area contributed by atoms with Crippen molar-refractivity contribution in [2.75, 3.05) is 20.2 Å². The van der Waals surface area contributed by atoms with Gasteiger partial charge in [-0.1, -0.05) is 25.1 Å². The summed E-state index contributed by atoms with van der Waals surface area (Å²) >= 11 is 0. The summed E-state index contributed by atoms with van der Waals surface area (Å²) in [5, 5.41) is 14.8. The van der Waals surface area contributed by atoms with Crippen molar-refractivity contribution in [3.63, 3.8) is 0 Å². The predicted molar refractivity (Wildman–Crippen MR) is 75.1 cm³/mol. The first-order valence-electron chi connectivity index (χ1n) is 7.23. The maximum atomic E-state index is 11.3. The van der Waals surface area contributed by atoms with Gasteiger partial charge in [0.2, 0.25) is 0 Å². The summed E-state index contributed by atoms with van der Waals surface area (Å²) in [6, 6.07) is 7.92. The van der Waals surface area contributed by atoms with Crippen LogP contribution in [0.15, 0.2) is 24.3 Å². The molecule has 104 valence electrons. The summed E-state index contributed by atoms with van der Waals surface area (Å²) in [6.07, 6.45) is 1.91. The van der Waals surface area contributed by atoms with Crippen LogP contribution in [0, 0.1) is 17.8 Å². The molecule has 0 spiro atoms. The second-order valence-corrected chi connectivity index (χ2v) is 6.07. The smallest absolute Gasteiger partial charge is 0.124 e. The van der Waals surface area contributed by atoms with E-state index in [1.54, 1.807) is 7.11 Å². The van der Waals surface area contributed by atoms with Crippen LogP contribution in [-0.4, -0.2) is 25.3 Å². The van der Waals surface area contributed by atoms with Gasteiger partial charge in [0, 0.05) is 18.0 Å². The maximum Gasteiger partial charge on any atom is 0.124 e. The molecule has 4 atom stereocenters. The van der Waals surface area contributed by atoms with Crippen molar-refractivity contribution >= 4 is 0 Å². The lowest BCUT2D eigenvalue weighted by Crippen LogP contribution is -2.45. The number of para-hydroxylation sites is 1. The Bertz CT molecular complexity index is 462. The molecule has 2 N–H and O–H groups in total. The fourth-order valence-electron chi connectivity index (χ4n) is 4.00. The molecule has 3 nitrogen and oxygen atoms in total. The first-order valence-corrected chi connectivity index (χ1v) is 7.23. The number of methoxy groups -OCH3 is 1. The Balaban J connectivity index is 2.02. The van der Waals surface area contributed by atoms with Crippen LogP contribution in [0.25, 0.3) is 0 Å². The topological polar surface area (TPSA) is 41.5 Å². The average Bonchev–Trinajstić information content (AvgIpc) is 2.94. The largest absolute Gasteiger partial charge is 0.496 e. The van der Waals surface area contributed by atoms with Gasteiger partial charge in [-0.3, -0.25) is 0 Å². The number of hydrogen-bond donors (Lipinski definition) is 2. The normalized spacial score (nSPS) is 37.9. The van der Waals surface area contributed by atoms with Gasteiger partial charge in [0.15, 0.2) is 0 Å².